The zero-order valence-electron chi connectivity index (χ0n) is 10.7. The quantitative estimate of drug-likeness (QED) is 0.458. The molecule has 1 aromatic rings. The highest BCUT2D eigenvalue weighted by Crippen LogP contribution is 2.26. The number of nitrogens with two attached hydrogens (primary N) is 1. The lowest BCUT2D eigenvalue weighted by atomic mass is 10.1. The van der Waals surface area contributed by atoms with Crippen LogP contribution in [0.4, 0.5) is 11.6 Å². The van der Waals surface area contributed by atoms with Crippen molar-refractivity contribution in [2.45, 2.75) is 38.7 Å². The molecule has 1 fully saturated rings. The van der Waals surface area contributed by atoms with E-state index in [-0.39, 0.29) is 6.10 Å². The molecular formula is C12H21N5O. The van der Waals surface area contributed by atoms with E-state index in [0.717, 1.165) is 43.6 Å². The van der Waals surface area contributed by atoms with Crippen molar-refractivity contribution in [3.8, 4) is 0 Å². The maximum atomic E-state index is 9.79. The van der Waals surface area contributed by atoms with Gasteiger partial charge in [-0.1, -0.05) is 13.3 Å². The molecule has 0 aromatic carbocycles. The fourth-order valence-electron chi connectivity index (χ4n) is 2.51. The lowest BCUT2D eigenvalue weighted by molar-refractivity contribution is 0.138. The van der Waals surface area contributed by atoms with E-state index >= 15 is 0 Å². The molecule has 1 saturated carbocycles. The van der Waals surface area contributed by atoms with Crippen molar-refractivity contribution < 1.29 is 5.11 Å². The Morgan fingerprint density at radius 3 is 2.78 bits per heavy atom. The van der Waals surface area contributed by atoms with Crippen LogP contribution in [-0.4, -0.2) is 27.7 Å². The number of rotatable bonds is 5. The monoisotopic (exact) mass is 251 g/mol. The highest BCUT2D eigenvalue weighted by Gasteiger charge is 2.25. The van der Waals surface area contributed by atoms with Crippen LogP contribution in [0.25, 0.3) is 0 Å². The van der Waals surface area contributed by atoms with Crippen molar-refractivity contribution in [3.05, 3.63) is 11.9 Å². The third kappa shape index (κ3) is 2.70. The van der Waals surface area contributed by atoms with E-state index in [2.05, 4.69) is 20.7 Å². The van der Waals surface area contributed by atoms with Crippen molar-refractivity contribution >= 4 is 11.6 Å². The van der Waals surface area contributed by atoms with Crippen LogP contribution < -0.4 is 16.6 Å². The predicted molar refractivity (Wildman–Crippen MR) is 71.1 cm³/mol. The van der Waals surface area contributed by atoms with Gasteiger partial charge >= 0.3 is 0 Å². The van der Waals surface area contributed by atoms with Crippen LogP contribution in [0.2, 0.25) is 0 Å². The van der Waals surface area contributed by atoms with Gasteiger partial charge in [-0.25, -0.2) is 15.8 Å². The molecule has 0 bridgehead atoms. The van der Waals surface area contributed by atoms with E-state index in [1.54, 1.807) is 0 Å². The first-order valence-electron chi connectivity index (χ1n) is 6.48. The van der Waals surface area contributed by atoms with Gasteiger partial charge in [0.15, 0.2) is 0 Å². The van der Waals surface area contributed by atoms with E-state index in [0.29, 0.717) is 11.7 Å². The summed E-state index contributed by atoms with van der Waals surface area (Å²) in [4.78, 5) is 8.33. The SMILES string of the molecule is CCc1c(NN)ncnc1NCC1CCCC1O. The lowest BCUT2D eigenvalue weighted by Crippen LogP contribution is -2.23. The molecule has 0 aliphatic heterocycles. The molecule has 1 heterocycles. The van der Waals surface area contributed by atoms with Crippen molar-refractivity contribution in [3.63, 3.8) is 0 Å². The first kappa shape index (κ1) is 13.0. The van der Waals surface area contributed by atoms with Gasteiger partial charge in [0, 0.05) is 18.0 Å². The van der Waals surface area contributed by atoms with Crippen LogP contribution in [-0.2, 0) is 6.42 Å². The minimum atomic E-state index is -0.184. The fourth-order valence-corrected chi connectivity index (χ4v) is 2.51. The number of aliphatic hydroxyl groups excluding tert-OH is 1. The second-order valence-corrected chi connectivity index (χ2v) is 4.69. The molecule has 6 heteroatoms. The average Bonchev–Trinajstić information content (AvgIpc) is 2.81. The molecule has 18 heavy (non-hydrogen) atoms. The van der Waals surface area contributed by atoms with Gasteiger partial charge in [-0.15, -0.1) is 0 Å². The summed E-state index contributed by atoms with van der Waals surface area (Å²) >= 11 is 0. The van der Waals surface area contributed by atoms with Gasteiger partial charge in [-0.3, -0.25) is 0 Å². The number of aliphatic hydroxyl groups is 1. The van der Waals surface area contributed by atoms with E-state index in [9.17, 15) is 5.11 Å². The Hall–Kier alpha value is -1.40. The summed E-state index contributed by atoms with van der Waals surface area (Å²) in [5.41, 5.74) is 3.56. The summed E-state index contributed by atoms with van der Waals surface area (Å²) in [6.07, 6.45) is 5.19. The Morgan fingerprint density at radius 1 is 1.39 bits per heavy atom. The van der Waals surface area contributed by atoms with Gasteiger partial charge in [0.2, 0.25) is 0 Å². The standard InChI is InChI=1S/C12H21N5O/c1-2-9-11(15-7-16-12(9)17-13)14-6-8-4-3-5-10(8)18/h7-8,10,18H,2-6,13H2,1H3,(H2,14,15,16,17). The number of nitrogens with zero attached hydrogens (tertiary/aromatic N) is 2. The second kappa shape index (κ2) is 5.97. The van der Waals surface area contributed by atoms with Gasteiger partial charge in [0.1, 0.15) is 18.0 Å². The van der Waals surface area contributed by atoms with Crippen LogP contribution in [0.5, 0.6) is 0 Å². The molecule has 0 saturated heterocycles. The number of nitrogen functional groups attached to an aromatic ring is 1. The Bertz CT molecular complexity index is 398. The molecule has 2 unspecified atom stereocenters. The number of anilines is 2. The third-order valence-electron chi connectivity index (χ3n) is 3.59. The number of aromatic nitrogens is 2. The van der Waals surface area contributed by atoms with E-state index in [1.807, 2.05) is 6.92 Å². The van der Waals surface area contributed by atoms with Crippen LogP contribution >= 0.6 is 0 Å². The van der Waals surface area contributed by atoms with Crippen molar-refractivity contribution in [2.75, 3.05) is 17.3 Å². The van der Waals surface area contributed by atoms with Gasteiger partial charge in [0.25, 0.3) is 0 Å². The van der Waals surface area contributed by atoms with E-state index in [1.165, 1.54) is 6.33 Å². The Balaban J connectivity index is 2.04. The number of hydrogen-bond donors (Lipinski definition) is 4. The summed E-state index contributed by atoms with van der Waals surface area (Å²) in [6, 6.07) is 0. The number of hydrazine groups is 1. The maximum absolute atomic E-state index is 9.79. The average molecular weight is 251 g/mol. The minimum absolute atomic E-state index is 0.184. The molecule has 0 amide bonds. The van der Waals surface area contributed by atoms with E-state index < -0.39 is 0 Å². The van der Waals surface area contributed by atoms with Crippen LogP contribution in [0.3, 0.4) is 0 Å². The van der Waals surface area contributed by atoms with Gasteiger partial charge in [-0.05, 0) is 19.3 Å². The first-order valence-corrected chi connectivity index (χ1v) is 6.48. The van der Waals surface area contributed by atoms with Crippen molar-refractivity contribution in [1.82, 2.24) is 9.97 Å². The molecule has 0 spiro atoms. The molecule has 6 nitrogen and oxygen atoms in total. The highest BCUT2D eigenvalue weighted by atomic mass is 16.3. The smallest absolute Gasteiger partial charge is 0.148 e. The predicted octanol–water partition coefficient (Wildman–Crippen LogP) is 0.897. The summed E-state index contributed by atoms with van der Waals surface area (Å²) in [6.45, 7) is 2.78. The van der Waals surface area contributed by atoms with Crippen molar-refractivity contribution in [2.24, 2.45) is 11.8 Å². The van der Waals surface area contributed by atoms with Crippen molar-refractivity contribution in [1.29, 1.82) is 0 Å². The molecule has 2 rings (SSSR count). The number of nitrogens with one attached hydrogen (secondary N) is 2. The van der Waals surface area contributed by atoms with Crippen LogP contribution in [0.15, 0.2) is 6.33 Å². The highest BCUT2D eigenvalue weighted by molar-refractivity contribution is 5.56. The van der Waals surface area contributed by atoms with E-state index in [4.69, 9.17) is 5.84 Å². The zero-order valence-corrected chi connectivity index (χ0v) is 10.7. The molecule has 1 aliphatic carbocycles. The fraction of sp³-hybridized carbons (Fsp3) is 0.667. The summed E-state index contributed by atoms with van der Waals surface area (Å²) < 4.78 is 0. The summed E-state index contributed by atoms with van der Waals surface area (Å²) in [5.74, 6) is 7.21. The van der Waals surface area contributed by atoms with Gasteiger partial charge in [0.05, 0.1) is 6.10 Å². The zero-order chi connectivity index (χ0) is 13.0. The first-order chi connectivity index (χ1) is 8.76. The van der Waals surface area contributed by atoms with Crippen LogP contribution in [0, 0.1) is 5.92 Å². The maximum Gasteiger partial charge on any atom is 0.148 e. The molecular weight excluding hydrogens is 230 g/mol. The summed E-state index contributed by atoms with van der Waals surface area (Å²) in [7, 11) is 0. The van der Waals surface area contributed by atoms with Gasteiger partial charge < -0.3 is 15.8 Å². The molecule has 1 aliphatic rings. The molecule has 1 aromatic heterocycles. The Labute approximate surface area is 107 Å². The molecule has 0 radical (unpaired) electrons. The minimum Gasteiger partial charge on any atom is -0.393 e. The molecule has 100 valence electrons. The normalized spacial score (nSPS) is 23.1. The molecule has 2 atom stereocenters. The topological polar surface area (TPSA) is 96.1 Å². The Kier molecular flexibility index (Phi) is 4.33. The Morgan fingerprint density at radius 2 is 2.17 bits per heavy atom. The molecule has 5 N–H and O–H groups in total. The third-order valence-corrected chi connectivity index (χ3v) is 3.59. The largest absolute Gasteiger partial charge is 0.393 e. The lowest BCUT2D eigenvalue weighted by Gasteiger charge is -2.17. The second-order valence-electron chi connectivity index (χ2n) is 4.69. The number of hydrogen-bond acceptors (Lipinski definition) is 6. The van der Waals surface area contributed by atoms with Crippen LogP contribution in [0.1, 0.15) is 31.7 Å². The van der Waals surface area contributed by atoms with Gasteiger partial charge in [-0.2, -0.15) is 0 Å². The summed E-state index contributed by atoms with van der Waals surface area (Å²) in [5, 5.41) is 13.1.